The molecule has 3 heteroatoms. The zero-order chi connectivity index (χ0) is 13.4. The maximum absolute atomic E-state index is 6.01. The molecule has 96 valence electrons. The molecular formula is C16H14ClNO. The molecule has 0 saturated heterocycles. The molecule has 3 aromatic rings. The van der Waals surface area contributed by atoms with Gasteiger partial charge in [0.25, 0.3) is 0 Å². The Hall–Kier alpha value is -1.80. The van der Waals surface area contributed by atoms with Crippen LogP contribution in [-0.2, 0) is 0 Å². The number of benzene rings is 2. The summed E-state index contributed by atoms with van der Waals surface area (Å²) in [6.45, 7) is 4.30. The molecular weight excluding hydrogens is 258 g/mol. The van der Waals surface area contributed by atoms with Gasteiger partial charge in [0.05, 0.1) is 0 Å². The number of aromatic nitrogens is 1. The highest BCUT2D eigenvalue weighted by atomic mass is 35.5. The molecule has 0 aliphatic rings. The number of hydrogen-bond donors (Lipinski definition) is 0. The maximum Gasteiger partial charge on any atom is 0.227 e. The number of para-hydroxylation sites is 1. The molecule has 2 aromatic carbocycles. The third-order valence-corrected chi connectivity index (χ3v) is 3.37. The molecule has 0 radical (unpaired) electrons. The average molecular weight is 272 g/mol. The van der Waals surface area contributed by atoms with Gasteiger partial charge >= 0.3 is 0 Å². The minimum absolute atomic E-state index is 0.406. The third-order valence-electron chi connectivity index (χ3n) is 3.14. The molecule has 0 unspecified atom stereocenters. The van der Waals surface area contributed by atoms with E-state index in [1.54, 1.807) is 0 Å². The minimum atomic E-state index is 0.406. The fourth-order valence-electron chi connectivity index (χ4n) is 2.17. The second-order valence-electron chi connectivity index (χ2n) is 4.88. The van der Waals surface area contributed by atoms with Crippen molar-refractivity contribution in [2.75, 3.05) is 0 Å². The lowest BCUT2D eigenvalue weighted by molar-refractivity contribution is 0.611. The lowest BCUT2D eigenvalue weighted by atomic mass is 10.0. The summed E-state index contributed by atoms with van der Waals surface area (Å²) in [4.78, 5) is 4.54. The van der Waals surface area contributed by atoms with Crippen LogP contribution in [0.2, 0.25) is 5.02 Å². The molecule has 0 atom stereocenters. The molecule has 0 fully saturated rings. The van der Waals surface area contributed by atoms with Crippen LogP contribution in [0.5, 0.6) is 0 Å². The minimum Gasteiger partial charge on any atom is -0.436 e. The Bertz CT molecular complexity index is 730. The number of oxazole rings is 1. The van der Waals surface area contributed by atoms with Crippen molar-refractivity contribution in [1.29, 1.82) is 0 Å². The summed E-state index contributed by atoms with van der Waals surface area (Å²) in [6, 6.07) is 13.6. The second kappa shape index (κ2) is 4.71. The first-order chi connectivity index (χ1) is 9.15. The number of fused-ring (bicyclic) bond motifs is 1. The van der Waals surface area contributed by atoms with Crippen molar-refractivity contribution in [3.63, 3.8) is 0 Å². The molecule has 2 nitrogen and oxygen atoms in total. The van der Waals surface area contributed by atoms with E-state index in [0.29, 0.717) is 16.8 Å². The molecule has 1 heterocycles. The normalized spacial score (nSPS) is 11.4. The predicted octanol–water partition coefficient (Wildman–Crippen LogP) is 5.27. The summed E-state index contributed by atoms with van der Waals surface area (Å²) in [5.74, 6) is 1.02. The van der Waals surface area contributed by atoms with E-state index in [1.807, 2.05) is 36.4 Å². The van der Waals surface area contributed by atoms with Crippen molar-refractivity contribution >= 4 is 22.7 Å². The molecule has 0 bridgehead atoms. The zero-order valence-corrected chi connectivity index (χ0v) is 11.6. The zero-order valence-electron chi connectivity index (χ0n) is 10.9. The van der Waals surface area contributed by atoms with Crippen LogP contribution in [0, 0.1) is 0 Å². The molecule has 0 N–H and O–H groups in total. The van der Waals surface area contributed by atoms with Crippen molar-refractivity contribution in [3.8, 4) is 11.5 Å². The fraction of sp³-hybridized carbons (Fsp3) is 0.188. The Labute approximate surface area is 117 Å². The molecule has 0 amide bonds. The van der Waals surface area contributed by atoms with Gasteiger partial charge in [0, 0.05) is 10.6 Å². The van der Waals surface area contributed by atoms with Crippen LogP contribution < -0.4 is 0 Å². The van der Waals surface area contributed by atoms with Gasteiger partial charge in [-0.2, -0.15) is 0 Å². The van der Waals surface area contributed by atoms with E-state index in [9.17, 15) is 0 Å². The summed E-state index contributed by atoms with van der Waals surface area (Å²) >= 11 is 6.01. The van der Waals surface area contributed by atoms with E-state index in [1.165, 1.54) is 5.56 Å². The Morgan fingerprint density at radius 3 is 2.63 bits per heavy atom. The van der Waals surface area contributed by atoms with Gasteiger partial charge < -0.3 is 4.42 Å². The van der Waals surface area contributed by atoms with E-state index < -0.39 is 0 Å². The quantitative estimate of drug-likeness (QED) is 0.634. The largest absolute Gasteiger partial charge is 0.436 e. The highest BCUT2D eigenvalue weighted by Gasteiger charge is 2.13. The summed E-state index contributed by atoms with van der Waals surface area (Å²) < 4.78 is 5.93. The van der Waals surface area contributed by atoms with E-state index >= 15 is 0 Å². The van der Waals surface area contributed by atoms with Crippen molar-refractivity contribution in [2.45, 2.75) is 19.8 Å². The Balaban J connectivity index is 2.19. The van der Waals surface area contributed by atoms with Crippen LogP contribution in [0.25, 0.3) is 22.6 Å². The van der Waals surface area contributed by atoms with Gasteiger partial charge in [-0.3, -0.25) is 0 Å². The first-order valence-electron chi connectivity index (χ1n) is 6.30. The van der Waals surface area contributed by atoms with E-state index in [2.05, 4.69) is 24.9 Å². The second-order valence-corrected chi connectivity index (χ2v) is 5.32. The van der Waals surface area contributed by atoms with Crippen LogP contribution in [0.3, 0.4) is 0 Å². The van der Waals surface area contributed by atoms with Gasteiger partial charge in [0.15, 0.2) is 5.58 Å². The number of nitrogens with zero attached hydrogens (tertiary/aromatic N) is 1. The van der Waals surface area contributed by atoms with Crippen LogP contribution in [0.4, 0.5) is 0 Å². The van der Waals surface area contributed by atoms with Crippen LogP contribution in [0.1, 0.15) is 25.3 Å². The van der Waals surface area contributed by atoms with Gasteiger partial charge in [-0.05, 0) is 35.7 Å². The molecule has 3 rings (SSSR count). The van der Waals surface area contributed by atoms with Crippen molar-refractivity contribution < 1.29 is 4.42 Å². The first kappa shape index (κ1) is 12.2. The summed E-state index contributed by atoms with van der Waals surface area (Å²) in [5, 5.41) is 0.684. The maximum atomic E-state index is 6.01. The van der Waals surface area contributed by atoms with Gasteiger partial charge in [0.1, 0.15) is 5.52 Å². The smallest absolute Gasteiger partial charge is 0.227 e. The van der Waals surface area contributed by atoms with Crippen LogP contribution in [-0.4, -0.2) is 4.98 Å². The summed E-state index contributed by atoms with van der Waals surface area (Å²) in [6.07, 6.45) is 0. The van der Waals surface area contributed by atoms with Crippen molar-refractivity contribution in [1.82, 2.24) is 4.98 Å². The van der Waals surface area contributed by atoms with Crippen molar-refractivity contribution in [2.24, 2.45) is 0 Å². The third kappa shape index (κ3) is 2.24. The average Bonchev–Trinajstić information content (AvgIpc) is 2.82. The fourth-order valence-corrected chi connectivity index (χ4v) is 2.36. The Kier molecular flexibility index (Phi) is 3.03. The molecule has 1 aromatic heterocycles. The van der Waals surface area contributed by atoms with Gasteiger partial charge in [0.2, 0.25) is 5.89 Å². The summed E-state index contributed by atoms with van der Waals surface area (Å²) in [7, 11) is 0. The lowest BCUT2D eigenvalue weighted by Gasteiger charge is -2.03. The Morgan fingerprint density at radius 1 is 1.11 bits per heavy atom. The molecule has 0 aliphatic heterocycles. The van der Waals surface area contributed by atoms with Gasteiger partial charge in [-0.15, -0.1) is 0 Å². The summed E-state index contributed by atoms with van der Waals surface area (Å²) in [5.41, 5.74) is 3.84. The first-order valence-corrected chi connectivity index (χ1v) is 6.68. The monoisotopic (exact) mass is 271 g/mol. The van der Waals surface area contributed by atoms with Crippen LogP contribution in [0.15, 0.2) is 46.9 Å². The highest BCUT2D eigenvalue weighted by molar-refractivity contribution is 6.30. The van der Waals surface area contributed by atoms with Gasteiger partial charge in [-0.1, -0.05) is 43.6 Å². The van der Waals surface area contributed by atoms with E-state index in [4.69, 9.17) is 16.0 Å². The van der Waals surface area contributed by atoms with E-state index in [0.717, 1.165) is 16.7 Å². The standard InChI is InChI=1S/C16H14ClNO/c1-10(2)13-7-4-8-14-15(13)19-16(18-14)11-5-3-6-12(17)9-11/h3-10H,1-2H3. The molecule has 19 heavy (non-hydrogen) atoms. The predicted molar refractivity (Wildman–Crippen MR) is 78.5 cm³/mol. The number of hydrogen-bond acceptors (Lipinski definition) is 2. The SMILES string of the molecule is CC(C)c1cccc2nc(-c3cccc(Cl)c3)oc12. The number of rotatable bonds is 2. The van der Waals surface area contributed by atoms with Crippen LogP contribution >= 0.6 is 11.6 Å². The molecule has 0 aliphatic carbocycles. The van der Waals surface area contributed by atoms with Gasteiger partial charge in [-0.25, -0.2) is 4.98 Å². The van der Waals surface area contributed by atoms with Crippen molar-refractivity contribution in [3.05, 3.63) is 53.1 Å². The lowest BCUT2D eigenvalue weighted by Crippen LogP contribution is -1.86. The highest BCUT2D eigenvalue weighted by Crippen LogP contribution is 2.30. The number of halogens is 1. The topological polar surface area (TPSA) is 26.0 Å². The Morgan fingerprint density at radius 2 is 1.89 bits per heavy atom. The molecule has 0 saturated carbocycles. The molecule has 0 spiro atoms. The van der Waals surface area contributed by atoms with E-state index in [-0.39, 0.29) is 0 Å².